The fraction of sp³-hybridized carbons (Fsp3) is 0.533. The van der Waals surface area contributed by atoms with Crippen molar-refractivity contribution in [3.05, 3.63) is 22.6 Å². The lowest BCUT2D eigenvalue weighted by Gasteiger charge is -2.19. The maximum Gasteiger partial charge on any atom is 0.407 e. The number of halogens is 1. The van der Waals surface area contributed by atoms with Crippen molar-refractivity contribution in [1.29, 1.82) is 0 Å². The van der Waals surface area contributed by atoms with Gasteiger partial charge in [0.2, 0.25) is 5.91 Å². The zero-order chi connectivity index (χ0) is 18.2. The van der Waals surface area contributed by atoms with Gasteiger partial charge in [0.15, 0.2) is 10.4 Å². The monoisotopic (exact) mass is 403 g/mol. The van der Waals surface area contributed by atoms with Gasteiger partial charge in [-0.3, -0.25) is 9.59 Å². The van der Waals surface area contributed by atoms with E-state index < -0.39 is 11.7 Å². The molecule has 9 heteroatoms. The highest BCUT2D eigenvalue weighted by Gasteiger charge is 2.15. The van der Waals surface area contributed by atoms with Gasteiger partial charge in [0.1, 0.15) is 5.60 Å². The van der Waals surface area contributed by atoms with Gasteiger partial charge in [-0.1, -0.05) is 0 Å². The molecule has 0 saturated carbocycles. The molecule has 1 aromatic rings. The summed E-state index contributed by atoms with van der Waals surface area (Å²) in [4.78, 5) is 34.6. The molecule has 0 unspecified atom stereocenters. The van der Waals surface area contributed by atoms with Crippen LogP contribution >= 0.6 is 15.9 Å². The van der Waals surface area contributed by atoms with E-state index in [1.807, 2.05) is 0 Å². The van der Waals surface area contributed by atoms with Gasteiger partial charge in [0, 0.05) is 26.1 Å². The van der Waals surface area contributed by atoms with Crippen molar-refractivity contribution in [2.75, 3.05) is 19.6 Å². The number of hydrogen-bond acceptors (Lipinski definition) is 5. The Balaban J connectivity index is 2.10. The number of carbonyl (C=O) groups excluding carboxylic acids is 3. The molecule has 8 nitrogen and oxygen atoms in total. The second-order valence-electron chi connectivity index (χ2n) is 5.89. The number of amides is 3. The predicted octanol–water partition coefficient (Wildman–Crippen LogP) is 1.80. The Kier molecular flexibility index (Phi) is 7.76. The van der Waals surface area contributed by atoms with Crippen LogP contribution in [-0.2, 0) is 9.53 Å². The Morgan fingerprint density at radius 1 is 1.08 bits per heavy atom. The largest absolute Gasteiger partial charge is 0.444 e. The lowest BCUT2D eigenvalue weighted by Crippen LogP contribution is -2.37. The maximum absolute atomic E-state index is 11.7. The molecule has 0 aliphatic rings. The van der Waals surface area contributed by atoms with Gasteiger partial charge < -0.3 is 25.1 Å². The van der Waals surface area contributed by atoms with E-state index in [0.717, 1.165) is 0 Å². The summed E-state index contributed by atoms with van der Waals surface area (Å²) in [6, 6.07) is 3.16. The van der Waals surface area contributed by atoms with Crippen LogP contribution in [0.15, 0.2) is 21.2 Å². The van der Waals surface area contributed by atoms with Gasteiger partial charge >= 0.3 is 6.09 Å². The molecule has 0 radical (unpaired) electrons. The summed E-state index contributed by atoms with van der Waals surface area (Å²) in [6.45, 7) is 5.99. The van der Waals surface area contributed by atoms with Gasteiger partial charge in [0.05, 0.1) is 0 Å². The normalized spacial score (nSPS) is 10.8. The molecule has 0 aliphatic heterocycles. The molecule has 0 bridgehead atoms. The Labute approximate surface area is 148 Å². The Bertz CT molecular complexity index is 580. The molecule has 0 atom stereocenters. The molecular weight excluding hydrogens is 382 g/mol. The number of carbonyl (C=O) groups is 3. The van der Waals surface area contributed by atoms with Crippen LogP contribution in [0.5, 0.6) is 0 Å². The highest BCUT2D eigenvalue weighted by molar-refractivity contribution is 9.10. The highest BCUT2D eigenvalue weighted by atomic mass is 79.9. The maximum atomic E-state index is 11.7. The smallest absolute Gasteiger partial charge is 0.407 e. The topological polar surface area (TPSA) is 110 Å². The fourth-order valence-corrected chi connectivity index (χ4v) is 1.89. The van der Waals surface area contributed by atoms with Gasteiger partial charge in [-0.05, 0) is 48.8 Å². The number of nitrogens with one attached hydrogen (secondary N) is 3. The number of furan rings is 1. The molecule has 0 aromatic carbocycles. The van der Waals surface area contributed by atoms with Gasteiger partial charge in [-0.2, -0.15) is 0 Å². The third kappa shape index (κ3) is 8.56. The molecule has 134 valence electrons. The second kappa shape index (κ2) is 9.31. The van der Waals surface area contributed by atoms with Crippen molar-refractivity contribution in [3.8, 4) is 0 Å². The van der Waals surface area contributed by atoms with Gasteiger partial charge in [-0.15, -0.1) is 0 Å². The first-order chi connectivity index (χ1) is 11.2. The average molecular weight is 404 g/mol. The van der Waals surface area contributed by atoms with Crippen LogP contribution in [0.1, 0.15) is 37.7 Å². The van der Waals surface area contributed by atoms with E-state index >= 15 is 0 Å². The summed E-state index contributed by atoms with van der Waals surface area (Å²) in [7, 11) is 0. The van der Waals surface area contributed by atoms with E-state index in [1.165, 1.54) is 0 Å². The minimum absolute atomic E-state index is 0.123. The average Bonchev–Trinajstić information content (AvgIpc) is 2.88. The highest BCUT2D eigenvalue weighted by Crippen LogP contribution is 2.13. The fourth-order valence-electron chi connectivity index (χ4n) is 1.58. The van der Waals surface area contributed by atoms with Crippen LogP contribution in [0.3, 0.4) is 0 Å². The van der Waals surface area contributed by atoms with E-state index in [9.17, 15) is 14.4 Å². The molecular formula is C15H22BrN3O5. The van der Waals surface area contributed by atoms with E-state index in [1.54, 1.807) is 32.9 Å². The van der Waals surface area contributed by atoms with Crippen molar-refractivity contribution in [2.24, 2.45) is 0 Å². The van der Waals surface area contributed by atoms with E-state index in [4.69, 9.17) is 9.15 Å². The Morgan fingerprint density at radius 3 is 2.33 bits per heavy atom. The zero-order valence-electron chi connectivity index (χ0n) is 13.9. The Hall–Kier alpha value is -2.03. The summed E-state index contributed by atoms with van der Waals surface area (Å²) in [5, 5.41) is 7.73. The third-order valence-electron chi connectivity index (χ3n) is 2.55. The van der Waals surface area contributed by atoms with Crippen LogP contribution < -0.4 is 16.0 Å². The number of ether oxygens (including phenoxy) is 1. The second-order valence-corrected chi connectivity index (χ2v) is 6.67. The van der Waals surface area contributed by atoms with E-state index in [0.29, 0.717) is 4.67 Å². The van der Waals surface area contributed by atoms with Crippen LogP contribution in [0.2, 0.25) is 0 Å². The molecule has 0 spiro atoms. The van der Waals surface area contributed by atoms with E-state index in [-0.39, 0.29) is 43.6 Å². The van der Waals surface area contributed by atoms with Crippen LogP contribution in [0, 0.1) is 0 Å². The molecule has 24 heavy (non-hydrogen) atoms. The van der Waals surface area contributed by atoms with Crippen molar-refractivity contribution in [3.63, 3.8) is 0 Å². The first kappa shape index (κ1) is 20.0. The standard InChI is InChI=1S/C15H22BrN3O5/c1-15(2,3)24-14(22)19-7-6-12(20)17-8-9-18-13(21)10-4-5-11(16)23-10/h4-5H,6-9H2,1-3H3,(H,17,20)(H,18,21)(H,19,22). The van der Waals surface area contributed by atoms with Gasteiger partial charge in [-0.25, -0.2) is 4.79 Å². The summed E-state index contributed by atoms with van der Waals surface area (Å²) in [6.07, 6.45) is -0.439. The van der Waals surface area contributed by atoms with Crippen LogP contribution in [0.25, 0.3) is 0 Å². The van der Waals surface area contributed by atoms with Crippen molar-refractivity contribution in [1.82, 2.24) is 16.0 Å². The zero-order valence-corrected chi connectivity index (χ0v) is 15.5. The lowest BCUT2D eigenvalue weighted by molar-refractivity contribution is -0.120. The van der Waals surface area contributed by atoms with Crippen molar-refractivity contribution < 1.29 is 23.5 Å². The first-order valence-corrected chi connectivity index (χ1v) is 8.24. The summed E-state index contributed by atoms with van der Waals surface area (Å²) >= 11 is 3.11. The molecule has 3 amide bonds. The van der Waals surface area contributed by atoms with E-state index in [2.05, 4.69) is 31.9 Å². The predicted molar refractivity (Wildman–Crippen MR) is 90.6 cm³/mol. The van der Waals surface area contributed by atoms with Gasteiger partial charge in [0.25, 0.3) is 5.91 Å². The van der Waals surface area contributed by atoms with Crippen LogP contribution in [0.4, 0.5) is 4.79 Å². The summed E-state index contributed by atoms with van der Waals surface area (Å²) < 4.78 is 10.6. The third-order valence-corrected chi connectivity index (χ3v) is 2.98. The molecule has 1 aromatic heterocycles. The molecule has 0 fully saturated rings. The molecule has 0 aliphatic carbocycles. The van der Waals surface area contributed by atoms with Crippen LogP contribution in [-0.4, -0.2) is 43.1 Å². The summed E-state index contributed by atoms with van der Waals surface area (Å²) in [5.74, 6) is -0.405. The lowest BCUT2D eigenvalue weighted by atomic mass is 10.2. The SMILES string of the molecule is CC(C)(C)OC(=O)NCCC(=O)NCCNC(=O)c1ccc(Br)o1. The minimum Gasteiger partial charge on any atom is -0.444 e. The number of hydrogen-bond donors (Lipinski definition) is 3. The molecule has 1 rings (SSSR count). The molecule has 1 heterocycles. The minimum atomic E-state index is -0.575. The number of alkyl carbamates (subject to hydrolysis) is 1. The summed E-state index contributed by atoms with van der Waals surface area (Å²) in [5.41, 5.74) is -0.575. The first-order valence-electron chi connectivity index (χ1n) is 7.44. The molecule has 3 N–H and O–H groups in total. The quantitative estimate of drug-likeness (QED) is 0.601. The number of rotatable bonds is 7. The molecule has 0 saturated heterocycles. The van der Waals surface area contributed by atoms with Crippen molar-refractivity contribution >= 4 is 33.8 Å². The Morgan fingerprint density at radius 2 is 1.75 bits per heavy atom. The van der Waals surface area contributed by atoms with Crippen molar-refractivity contribution in [2.45, 2.75) is 32.8 Å².